The third kappa shape index (κ3) is 2.74. The number of esters is 1. The second-order valence-corrected chi connectivity index (χ2v) is 4.77. The predicted octanol–water partition coefficient (Wildman–Crippen LogP) is 1.10. The minimum atomic E-state index is -0.239. The molecule has 1 N–H and O–H groups in total. The lowest BCUT2D eigenvalue weighted by molar-refractivity contribution is -0.143. The summed E-state index contributed by atoms with van der Waals surface area (Å²) in [6.07, 6.45) is 3.71. The molecule has 90 valence electrons. The molecule has 16 heavy (non-hydrogen) atoms. The molecular weight excluding hydrogens is 206 g/mol. The van der Waals surface area contributed by atoms with E-state index in [-0.39, 0.29) is 24.2 Å². The molecule has 2 saturated carbocycles. The minimum absolute atomic E-state index is 0.122. The van der Waals surface area contributed by atoms with E-state index in [1.54, 1.807) is 6.92 Å². The van der Waals surface area contributed by atoms with Crippen LogP contribution in [0, 0.1) is 17.8 Å². The molecule has 0 aromatic rings. The molecule has 0 saturated heterocycles. The lowest BCUT2D eigenvalue weighted by Gasteiger charge is -2.11. The van der Waals surface area contributed by atoms with E-state index in [0.29, 0.717) is 13.2 Å². The summed E-state index contributed by atoms with van der Waals surface area (Å²) < 4.78 is 4.78. The summed E-state index contributed by atoms with van der Waals surface area (Å²) in [6.45, 7) is 2.59. The van der Waals surface area contributed by atoms with Gasteiger partial charge in [0.05, 0.1) is 13.0 Å². The summed E-state index contributed by atoms with van der Waals surface area (Å²) in [5, 5.41) is 2.82. The molecule has 0 heterocycles. The molecule has 0 radical (unpaired) electrons. The van der Waals surface area contributed by atoms with Crippen LogP contribution in [0.3, 0.4) is 0 Å². The van der Waals surface area contributed by atoms with Gasteiger partial charge in [-0.25, -0.2) is 0 Å². The first kappa shape index (κ1) is 11.4. The highest BCUT2D eigenvalue weighted by Crippen LogP contribution is 2.54. The number of ether oxygens (including phenoxy) is 1. The van der Waals surface area contributed by atoms with Crippen LogP contribution in [-0.2, 0) is 14.3 Å². The Morgan fingerprint density at radius 3 is 2.56 bits per heavy atom. The van der Waals surface area contributed by atoms with E-state index in [1.807, 2.05) is 0 Å². The molecule has 0 aromatic heterocycles. The van der Waals surface area contributed by atoms with Crippen molar-refractivity contribution < 1.29 is 14.3 Å². The summed E-state index contributed by atoms with van der Waals surface area (Å²) >= 11 is 0. The number of hydrogen-bond acceptors (Lipinski definition) is 3. The summed E-state index contributed by atoms with van der Waals surface area (Å²) in [5.41, 5.74) is 0. The van der Waals surface area contributed by atoms with Crippen molar-refractivity contribution in [2.75, 3.05) is 13.2 Å². The Kier molecular flexibility index (Phi) is 3.46. The van der Waals surface area contributed by atoms with Crippen LogP contribution >= 0.6 is 0 Å². The Balaban J connectivity index is 1.59. The van der Waals surface area contributed by atoms with Crippen molar-refractivity contribution in [1.82, 2.24) is 5.32 Å². The summed E-state index contributed by atoms with van der Waals surface area (Å²) in [7, 11) is 0. The van der Waals surface area contributed by atoms with E-state index >= 15 is 0 Å². The Morgan fingerprint density at radius 1 is 1.25 bits per heavy atom. The zero-order valence-electron chi connectivity index (χ0n) is 9.70. The topological polar surface area (TPSA) is 55.4 Å². The Morgan fingerprint density at radius 2 is 1.94 bits per heavy atom. The molecule has 2 aliphatic rings. The van der Waals surface area contributed by atoms with Crippen LogP contribution in [0.2, 0.25) is 0 Å². The largest absolute Gasteiger partial charge is 0.466 e. The average molecular weight is 225 g/mol. The van der Waals surface area contributed by atoms with Gasteiger partial charge in [-0.1, -0.05) is 0 Å². The maximum absolute atomic E-state index is 11.7. The molecule has 2 atom stereocenters. The van der Waals surface area contributed by atoms with Gasteiger partial charge in [0.15, 0.2) is 0 Å². The van der Waals surface area contributed by atoms with Gasteiger partial charge < -0.3 is 10.1 Å². The fourth-order valence-corrected chi connectivity index (χ4v) is 2.59. The molecule has 2 fully saturated rings. The van der Waals surface area contributed by atoms with Gasteiger partial charge in [0.1, 0.15) is 0 Å². The number of carbonyl (C=O) groups is 2. The van der Waals surface area contributed by atoms with E-state index in [9.17, 15) is 9.59 Å². The second kappa shape index (κ2) is 4.85. The predicted molar refractivity (Wildman–Crippen MR) is 58.6 cm³/mol. The molecule has 1 amide bonds. The normalized spacial score (nSPS) is 30.7. The third-order valence-electron chi connectivity index (χ3n) is 3.55. The summed E-state index contributed by atoms with van der Waals surface area (Å²) in [4.78, 5) is 22.7. The van der Waals surface area contributed by atoms with E-state index in [2.05, 4.69) is 5.32 Å². The van der Waals surface area contributed by atoms with Crippen molar-refractivity contribution in [1.29, 1.82) is 0 Å². The highest BCUT2D eigenvalue weighted by atomic mass is 16.5. The maximum atomic E-state index is 11.7. The lowest BCUT2D eigenvalue weighted by Crippen LogP contribution is -2.32. The van der Waals surface area contributed by atoms with Crippen LogP contribution in [-0.4, -0.2) is 25.0 Å². The van der Waals surface area contributed by atoms with E-state index in [0.717, 1.165) is 24.7 Å². The van der Waals surface area contributed by atoms with Crippen molar-refractivity contribution in [3.05, 3.63) is 0 Å². The highest BCUT2D eigenvalue weighted by molar-refractivity contribution is 5.80. The molecule has 4 heteroatoms. The first-order valence-electron chi connectivity index (χ1n) is 6.14. The Labute approximate surface area is 95.7 Å². The molecule has 0 bridgehead atoms. The zero-order chi connectivity index (χ0) is 11.5. The monoisotopic (exact) mass is 225 g/mol. The molecule has 4 nitrogen and oxygen atoms in total. The van der Waals surface area contributed by atoms with E-state index in [1.165, 1.54) is 6.42 Å². The summed E-state index contributed by atoms with van der Waals surface area (Å²) in [6, 6.07) is 0. The smallest absolute Gasteiger partial charge is 0.307 e. The highest BCUT2D eigenvalue weighted by Gasteiger charge is 2.47. The maximum Gasteiger partial charge on any atom is 0.307 e. The van der Waals surface area contributed by atoms with Gasteiger partial charge in [-0.2, -0.15) is 0 Å². The number of carbonyl (C=O) groups excluding carboxylic acids is 2. The Bertz CT molecular complexity index is 280. The zero-order valence-corrected chi connectivity index (χ0v) is 9.70. The minimum Gasteiger partial charge on any atom is -0.466 e. The molecule has 0 aliphatic heterocycles. The van der Waals surface area contributed by atoms with Crippen molar-refractivity contribution in [3.63, 3.8) is 0 Å². The number of nitrogens with one attached hydrogen (secondary N) is 1. The van der Waals surface area contributed by atoms with Crippen LogP contribution < -0.4 is 5.32 Å². The molecule has 0 aromatic carbocycles. The van der Waals surface area contributed by atoms with Gasteiger partial charge in [0.25, 0.3) is 0 Å². The van der Waals surface area contributed by atoms with Gasteiger partial charge in [0, 0.05) is 12.5 Å². The van der Waals surface area contributed by atoms with Gasteiger partial charge in [0.2, 0.25) is 5.91 Å². The number of amides is 1. The first-order chi connectivity index (χ1) is 7.70. The molecule has 2 rings (SSSR count). The number of rotatable bonds is 5. The standard InChI is InChI=1S/C12H19NO3/c1-2-16-11(14)3-4-13-12(15)10-6-8-5-9(8)7-10/h8-10H,2-7H2,1H3,(H,13,15). The van der Waals surface area contributed by atoms with Crippen molar-refractivity contribution in [2.45, 2.75) is 32.6 Å². The van der Waals surface area contributed by atoms with E-state index < -0.39 is 0 Å². The second-order valence-electron chi connectivity index (χ2n) is 4.77. The first-order valence-corrected chi connectivity index (χ1v) is 6.14. The van der Waals surface area contributed by atoms with Crippen LogP contribution in [0.15, 0.2) is 0 Å². The molecule has 0 spiro atoms. The lowest BCUT2D eigenvalue weighted by atomic mass is 10.0. The van der Waals surface area contributed by atoms with Crippen molar-refractivity contribution in [2.24, 2.45) is 17.8 Å². The van der Waals surface area contributed by atoms with Crippen LogP contribution in [0.25, 0.3) is 0 Å². The van der Waals surface area contributed by atoms with Gasteiger partial charge in [-0.15, -0.1) is 0 Å². The number of hydrogen-bond donors (Lipinski definition) is 1. The Hall–Kier alpha value is -1.06. The quantitative estimate of drug-likeness (QED) is 0.713. The van der Waals surface area contributed by atoms with Crippen LogP contribution in [0.1, 0.15) is 32.6 Å². The average Bonchev–Trinajstić information content (AvgIpc) is 2.86. The van der Waals surface area contributed by atoms with Crippen LogP contribution in [0.5, 0.6) is 0 Å². The van der Waals surface area contributed by atoms with Gasteiger partial charge >= 0.3 is 5.97 Å². The number of fused-ring (bicyclic) bond motifs is 1. The fourth-order valence-electron chi connectivity index (χ4n) is 2.59. The van der Waals surface area contributed by atoms with Crippen molar-refractivity contribution >= 4 is 11.9 Å². The molecule has 2 unspecified atom stereocenters. The van der Waals surface area contributed by atoms with Crippen LogP contribution in [0.4, 0.5) is 0 Å². The summed E-state index contributed by atoms with van der Waals surface area (Å²) in [5.74, 6) is 1.72. The van der Waals surface area contributed by atoms with Gasteiger partial charge in [-0.05, 0) is 38.0 Å². The van der Waals surface area contributed by atoms with Crippen molar-refractivity contribution in [3.8, 4) is 0 Å². The van der Waals surface area contributed by atoms with E-state index in [4.69, 9.17) is 4.74 Å². The fraction of sp³-hybridized carbons (Fsp3) is 0.833. The molecule has 2 aliphatic carbocycles. The SMILES string of the molecule is CCOC(=O)CCNC(=O)C1CC2CC2C1. The van der Waals surface area contributed by atoms with Gasteiger partial charge in [-0.3, -0.25) is 9.59 Å². The molecular formula is C12H19NO3. The third-order valence-corrected chi connectivity index (χ3v) is 3.55.